The maximum Gasteiger partial charge on any atom is 0.417 e. The van der Waals surface area contributed by atoms with Crippen LogP contribution in [-0.4, -0.2) is 20.9 Å². The third-order valence-corrected chi connectivity index (χ3v) is 4.52. The summed E-state index contributed by atoms with van der Waals surface area (Å²) in [4.78, 5) is 24.8. The molecule has 1 amide bonds. The summed E-state index contributed by atoms with van der Waals surface area (Å²) in [6.07, 6.45) is 0.887. The van der Waals surface area contributed by atoms with Crippen LogP contribution in [0.15, 0.2) is 85.5 Å². The van der Waals surface area contributed by atoms with Crippen LogP contribution in [0.25, 0.3) is 11.1 Å². The number of nitrogens with one attached hydrogen (secondary N) is 2. The summed E-state index contributed by atoms with van der Waals surface area (Å²) >= 11 is 0. The molecule has 4 aromatic rings. The number of alkyl halides is 3. The van der Waals surface area contributed by atoms with E-state index in [4.69, 9.17) is 0 Å². The molecule has 0 unspecified atom stereocenters. The van der Waals surface area contributed by atoms with Gasteiger partial charge in [-0.1, -0.05) is 30.3 Å². The molecular weight excluding hydrogens is 419 g/mol. The summed E-state index contributed by atoms with van der Waals surface area (Å²) in [5.74, 6) is 0.0436. The number of carbonyl (C=O) groups excluding carboxylic acids is 1. The van der Waals surface area contributed by atoms with Crippen LogP contribution < -0.4 is 10.6 Å². The number of benzene rings is 1. The number of halogens is 3. The predicted molar refractivity (Wildman–Crippen MR) is 114 cm³/mol. The second kappa shape index (κ2) is 8.84. The van der Waals surface area contributed by atoms with Gasteiger partial charge in [0, 0.05) is 29.7 Å². The zero-order chi connectivity index (χ0) is 22.6. The van der Waals surface area contributed by atoms with Crippen molar-refractivity contribution < 1.29 is 18.0 Å². The topological polar surface area (TPSA) is 79.8 Å². The minimum absolute atomic E-state index is 0.168. The number of nitrogens with zero attached hydrogens (tertiary/aromatic N) is 3. The number of amides is 1. The monoisotopic (exact) mass is 435 g/mol. The van der Waals surface area contributed by atoms with E-state index in [1.54, 1.807) is 18.5 Å². The van der Waals surface area contributed by atoms with Crippen LogP contribution >= 0.6 is 0 Å². The molecule has 160 valence electrons. The van der Waals surface area contributed by atoms with Gasteiger partial charge in [0.05, 0.1) is 17.4 Å². The highest BCUT2D eigenvalue weighted by atomic mass is 19.4. The average molecular weight is 435 g/mol. The summed E-state index contributed by atoms with van der Waals surface area (Å²) in [5, 5.41) is 5.64. The molecule has 0 saturated heterocycles. The molecule has 0 spiro atoms. The number of rotatable bonds is 5. The molecule has 3 aromatic heterocycles. The van der Waals surface area contributed by atoms with Crippen LogP contribution in [0.3, 0.4) is 0 Å². The lowest BCUT2D eigenvalue weighted by atomic mass is 10.1. The van der Waals surface area contributed by atoms with E-state index in [0.717, 1.165) is 23.4 Å². The van der Waals surface area contributed by atoms with Crippen molar-refractivity contribution in [3.63, 3.8) is 0 Å². The van der Waals surface area contributed by atoms with E-state index in [2.05, 4.69) is 25.6 Å². The maximum absolute atomic E-state index is 12.8. The number of carbonyl (C=O) groups is 1. The van der Waals surface area contributed by atoms with Crippen molar-refractivity contribution in [2.75, 3.05) is 10.6 Å². The summed E-state index contributed by atoms with van der Waals surface area (Å²) in [5.41, 5.74) is 1.73. The third kappa shape index (κ3) is 4.89. The normalized spacial score (nSPS) is 11.1. The Bertz CT molecular complexity index is 1230. The first kappa shape index (κ1) is 21.0. The van der Waals surface area contributed by atoms with Gasteiger partial charge in [-0.05, 0) is 35.9 Å². The molecule has 3 heterocycles. The first-order valence-electron chi connectivity index (χ1n) is 9.47. The first-order valence-corrected chi connectivity index (χ1v) is 9.47. The first-order chi connectivity index (χ1) is 15.4. The molecular formula is C23H16F3N5O. The highest BCUT2D eigenvalue weighted by Crippen LogP contribution is 2.29. The molecule has 32 heavy (non-hydrogen) atoms. The van der Waals surface area contributed by atoms with Crippen LogP contribution in [-0.2, 0) is 6.18 Å². The molecule has 4 rings (SSSR count). The summed E-state index contributed by atoms with van der Waals surface area (Å²) in [6, 6.07) is 16.5. The van der Waals surface area contributed by atoms with E-state index in [9.17, 15) is 18.0 Å². The lowest BCUT2D eigenvalue weighted by Crippen LogP contribution is -2.13. The van der Waals surface area contributed by atoms with Crippen LogP contribution in [0.1, 0.15) is 15.9 Å². The Labute approximate surface area is 181 Å². The summed E-state index contributed by atoms with van der Waals surface area (Å²) in [6.45, 7) is 0. The number of aromatic nitrogens is 3. The fourth-order valence-corrected chi connectivity index (χ4v) is 2.96. The fourth-order valence-electron chi connectivity index (χ4n) is 2.96. The van der Waals surface area contributed by atoms with E-state index < -0.39 is 11.7 Å². The van der Waals surface area contributed by atoms with Gasteiger partial charge < -0.3 is 10.6 Å². The van der Waals surface area contributed by atoms with Gasteiger partial charge in [-0.2, -0.15) is 13.2 Å². The lowest BCUT2D eigenvalue weighted by molar-refractivity contribution is -0.137. The molecule has 0 aliphatic heterocycles. The highest BCUT2D eigenvalue weighted by Gasteiger charge is 2.30. The molecule has 1 aromatic carbocycles. The number of hydrogen-bond acceptors (Lipinski definition) is 5. The van der Waals surface area contributed by atoms with Crippen molar-refractivity contribution >= 4 is 23.2 Å². The molecule has 0 atom stereocenters. The highest BCUT2D eigenvalue weighted by molar-refractivity contribution is 6.06. The van der Waals surface area contributed by atoms with Crippen LogP contribution in [0.2, 0.25) is 0 Å². The Morgan fingerprint density at radius 3 is 2.38 bits per heavy atom. The number of anilines is 3. The second-order valence-corrected chi connectivity index (χ2v) is 6.73. The van der Waals surface area contributed by atoms with Crippen LogP contribution in [0.4, 0.5) is 30.5 Å². The zero-order valence-electron chi connectivity index (χ0n) is 16.5. The Morgan fingerprint density at radius 2 is 1.66 bits per heavy atom. The summed E-state index contributed by atoms with van der Waals surface area (Å²) in [7, 11) is 0. The quantitative estimate of drug-likeness (QED) is 0.429. The smallest absolute Gasteiger partial charge is 0.325 e. The van der Waals surface area contributed by atoms with Crippen molar-refractivity contribution in [2.24, 2.45) is 0 Å². The third-order valence-electron chi connectivity index (χ3n) is 4.52. The zero-order valence-corrected chi connectivity index (χ0v) is 16.5. The van der Waals surface area contributed by atoms with E-state index in [0.29, 0.717) is 11.3 Å². The average Bonchev–Trinajstić information content (AvgIpc) is 2.80. The van der Waals surface area contributed by atoms with Crippen LogP contribution in [0, 0.1) is 0 Å². The molecule has 0 radical (unpaired) electrons. The number of pyridine rings is 3. The second-order valence-electron chi connectivity index (χ2n) is 6.73. The van der Waals surface area contributed by atoms with E-state index in [1.165, 1.54) is 24.4 Å². The van der Waals surface area contributed by atoms with Crippen molar-refractivity contribution in [1.29, 1.82) is 0 Å². The van der Waals surface area contributed by atoms with E-state index in [-0.39, 0.29) is 17.5 Å². The summed E-state index contributed by atoms with van der Waals surface area (Å²) < 4.78 is 38.0. The predicted octanol–water partition coefficient (Wildman–Crippen LogP) is 5.55. The SMILES string of the molecule is O=C(Nc1cnccc1-c1ccccc1)c1ccnc(Nc2ccc(C(F)(F)F)cn2)c1. The molecule has 0 fully saturated rings. The van der Waals surface area contributed by atoms with E-state index in [1.807, 2.05) is 30.3 Å². The Morgan fingerprint density at radius 1 is 0.844 bits per heavy atom. The van der Waals surface area contributed by atoms with Gasteiger partial charge >= 0.3 is 6.18 Å². The molecule has 2 N–H and O–H groups in total. The Kier molecular flexibility index (Phi) is 5.80. The Hall–Kier alpha value is -4.27. The minimum atomic E-state index is -4.47. The van der Waals surface area contributed by atoms with Gasteiger partial charge in [0.1, 0.15) is 11.6 Å². The lowest BCUT2D eigenvalue weighted by Gasteiger charge is -2.12. The minimum Gasteiger partial charge on any atom is -0.325 e. The largest absolute Gasteiger partial charge is 0.417 e. The molecule has 9 heteroatoms. The standard InChI is InChI=1S/C23H16F3N5O/c24-23(25,26)17-6-7-20(29-13-17)31-21-12-16(8-11-28-21)22(32)30-19-14-27-10-9-18(19)15-4-2-1-3-5-15/h1-14H,(H,30,32)(H,28,29,31). The maximum atomic E-state index is 12.8. The van der Waals surface area contributed by atoms with Crippen LogP contribution in [0.5, 0.6) is 0 Å². The van der Waals surface area contributed by atoms with Gasteiger partial charge in [-0.15, -0.1) is 0 Å². The van der Waals surface area contributed by atoms with Gasteiger partial charge in [0.25, 0.3) is 5.91 Å². The van der Waals surface area contributed by atoms with Gasteiger partial charge in [-0.3, -0.25) is 9.78 Å². The van der Waals surface area contributed by atoms with Gasteiger partial charge in [-0.25, -0.2) is 9.97 Å². The van der Waals surface area contributed by atoms with Crippen molar-refractivity contribution in [3.05, 3.63) is 96.6 Å². The molecule has 0 aliphatic carbocycles. The fraction of sp³-hybridized carbons (Fsp3) is 0.0435. The molecule has 0 saturated carbocycles. The number of hydrogen-bond donors (Lipinski definition) is 2. The molecule has 0 bridgehead atoms. The van der Waals surface area contributed by atoms with E-state index >= 15 is 0 Å². The van der Waals surface area contributed by atoms with Gasteiger partial charge in [0.15, 0.2) is 0 Å². The Balaban J connectivity index is 1.51. The molecule has 6 nitrogen and oxygen atoms in total. The van der Waals surface area contributed by atoms with Crippen molar-refractivity contribution in [3.8, 4) is 11.1 Å². The molecule has 0 aliphatic rings. The van der Waals surface area contributed by atoms with Crippen molar-refractivity contribution in [2.45, 2.75) is 6.18 Å². The van der Waals surface area contributed by atoms with Crippen molar-refractivity contribution in [1.82, 2.24) is 15.0 Å². The van der Waals surface area contributed by atoms with Gasteiger partial charge in [0.2, 0.25) is 0 Å².